The van der Waals surface area contributed by atoms with E-state index in [4.69, 9.17) is 0 Å². The molecular weight excluding hydrogens is 454 g/mol. The first-order chi connectivity index (χ1) is 14.2. The highest BCUT2D eigenvalue weighted by molar-refractivity contribution is 7.91. The van der Waals surface area contributed by atoms with Crippen molar-refractivity contribution in [3.05, 3.63) is 53.6 Å². The molecule has 1 amide bonds. The number of sulfone groups is 1. The summed E-state index contributed by atoms with van der Waals surface area (Å²) in [4.78, 5) is 22.1. The second-order valence-corrected chi connectivity index (χ2v) is 10.2. The summed E-state index contributed by atoms with van der Waals surface area (Å²) < 4.78 is 25.1. The van der Waals surface area contributed by atoms with Gasteiger partial charge in [-0.3, -0.25) is 9.69 Å². The number of thiazole rings is 1. The van der Waals surface area contributed by atoms with Gasteiger partial charge in [0.25, 0.3) is 5.91 Å². The lowest BCUT2D eigenvalue weighted by atomic mass is 10.1. The first kappa shape index (κ1) is 25.3. The Morgan fingerprint density at radius 3 is 2.35 bits per heavy atom. The van der Waals surface area contributed by atoms with E-state index in [1.807, 2.05) is 31.2 Å². The van der Waals surface area contributed by atoms with Gasteiger partial charge in [0.15, 0.2) is 15.0 Å². The van der Waals surface area contributed by atoms with Crippen LogP contribution in [0.2, 0.25) is 0 Å². The van der Waals surface area contributed by atoms with Gasteiger partial charge in [-0.05, 0) is 44.3 Å². The third-order valence-corrected chi connectivity index (χ3v) is 7.22. The first-order valence-corrected chi connectivity index (χ1v) is 12.7. The molecule has 0 fully saturated rings. The Kier molecular flexibility index (Phi) is 8.59. The Bertz CT molecular complexity index is 1160. The number of nitrogens with zero attached hydrogens (tertiary/aromatic N) is 3. The molecule has 0 atom stereocenters. The molecule has 0 aliphatic heterocycles. The Morgan fingerprint density at radius 1 is 1.06 bits per heavy atom. The lowest BCUT2D eigenvalue weighted by Crippen LogP contribution is -2.38. The molecule has 168 valence electrons. The second kappa shape index (κ2) is 10.5. The number of hydrogen-bond acceptors (Lipinski definition) is 6. The maximum absolute atomic E-state index is 13.4. The van der Waals surface area contributed by atoms with Crippen molar-refractivity contribution in [1.29, 1.82) is 0 Å². The van der Waals surface area contributed by atoms with Gasteiger partial charge in [-0.2, -0.15) is 0 Å². The molecule has 0 spiro atoms. The van der Waals surface area contributed by atoms with Gasteiger partial charge in [-0.25, -0.2) is 13.4 Å². The second-order valence-electron chi connectivity index (χ2n) is 7.22. The monoisotopic (exact) mass is 481 g/mol. The van der Waals surface area contributed by atoms with Crippen molar-refractivity contribution < 1.29 is 13.2 Å². The van der Waals surface area contributed by atoms with Crippen LogP contribution in [-0.4, -0.2) is 56.6 Å². The number of rotatable bonds is 8. The summed E-state index contributed by atoms with van der Waals surface area (Å²) in [6, 6.07) is 12.6. The zero-order valence-corrected chi connectivity index (χ0v) is 20.6. The summed E-state index contributed by atoms with van der Waals surface area (Å²) in [6.45, 7) is 9.09. The van der Waals surface area contributed by atoms with Crippen LogP contribution in [0.4, 0.5) is 5.13 Å². The van der Waals surface area contributed by atoms with E-state index in [0.29, 0.717) is 29.3 Å². The van der Waals surface area contributed by atoms with Crippen molar-refractivity contribution in [3.8, 4) is 0 Å². The van der Waals surface area contributed by atoms with E-state index in [2.05, 4.69) is 23.7 Å². The molecule has 0 aliphatic carbocycles. The van der Waals surface area contributed by atoms with E-state index in [-0.39, 0.29) is 23.2 Å². The number of para-hydroxylation sites is 1. The quantitative estimate of drug-likeness (QED) is 0.476. The molecule has 3 rings (SSSR count). The summed E-state index contributed by atoms with van der Waals surface area (Å²) in [5.41, 5.74) is 2.02. The third kappa shape index (κ3) is 5.83. The van der Waals surface area contributed by atoms with Crippen molar-refractivity contribution in [2.45, 2.75) is 25.7 Å². The van der Waals surface area contributed by atoms with Crippen LogP contribution in [0, 0.1) is 6.92 Å². The number of aromatic nitrogens is 1. The van der Waals surface area contributed by atoms with Crippen LogP contribution in [0.25, 0.3) is 10.2 Å². The van der Waals surface area contributed by atoms with Crippen molar-refractivity contribution in [2.75, 3.05) is 37.3 Å². The molecule has 6 nitrogen and oxygen atoms in total. The van der Waals surface area contributed by atoms with Gasteiger partial charge in [-0.15, -0.1) is 12.4 Å². The molecule has 1 heterocycles. The molecule has 31 heavy (non-hydrogen) atoms. The highest BCUT2D eigenvalue weighted by Crippen LogP contribution is 2.33. The van der Waals surface area contributed by atoms with Crippen molar-refractivity contribution >= 4 is 54.8 Å². The van der Waals surface area contributed by atoms with Crippen molar-refractivity contribution in [1.82, 2.24) is 9.88 Å². The fourth-order valence-electron chi connectivity index (χ4n) is 3.33. The van der Waals surface area contributed by atoms with Crippen LogP contribution in [0.3, 0.4) is 0 Å². The Morgan fingerprint density at radius 2 is 1.74 bits per heavy atom. The van der Waals surface area contributed by atoms with Crippen LogP contribution in [-0.2, 0) is 9.84 Å². The van der Waals surface area contributed by atoms with Crippen molar-refractivity contribution in [3.63, 3.8) is 0 Å². The molecule has 1 aromatic heterocycles. The summed E-state index contributed by atoms with van der Waals surface area (Å²) in [7, 11) is -3.42. The van der Waals surface area contributed by atoms with E-state index in [9.17, 15) is 13.2 Å². The fourth-order valence-corrected chi connectivity index (χ4v) is 5.24. The van der Waals surface area contributed by atoms with E-state index in [1.165, 1.54) is 17.6 Å². The van der Waals surface area contributed by atoms with Crippen LogP contribution >= 0.6 is 23.7 Å². The smallest absolute Gasteiger partial charge is 0.260 e. The summed E-state index contributed by atoms with van der Waals surface area (Å²) in [5.74, 6) is -0.134. The number of benzene rings is 2. The zero-order valence-electron chi connectivity index (χ0n) is 18.2. The summed E-state index contributed by atoms with van der Waals surface area (Å²) >= 11 is 1.34. The number of halogens is 1. The van der Waals surface area contributed by atoms with Crippen LogP contribution in [0.1, 0.15) is 29.8 Å². The lowest BCUT2D eigenvalue weighted by molar-refractivity contribution is 0.0983. The minimum absolute atomic E-state index is 0. The predicted molar refractivity (Wildman–Crippen MR) is 131 cm³/mol. The maximum atomic E-state index is 13.4. The third-order valence-electron chi connectivity index (χ3n) is 5.05. The first-order valence-electron chi connectivity index (χ1n) is 9.95. The average molecular weight is 482 g/mol. The fraction of sp³-hybridized carbons (Fsp3) is 0.364. The SMILES string of the molecule is CCN(CC)CCN(C(=O)c1cccc(C)c1)c1nc2c(S(C)(=O)=O)cccc2s1.Cl. The van der Waals surface area contributed by atoms with E-state index in [1.54, 1.807) is 23.1 Å². The molecule has 0 unspecified atom stereocenters. The van der Waals surface area contributed by atoms with E-state index >= 15 is 0 Å². The minimum atomic E-state index is -3.42. The number of likely N-dealkylation sites (N-methyl/N-ethyl adjacent to an activating group) is 1. The van der Waals surface area contributed by atoms with Gasteiger partial charge >= 0.3 is 0 Å². The highest BCUT2D eigenvalue weighted by atomic mass is 35.5. The number of anilines is 1. The van der Waals surface area contributed by atoms with Crippen LogP contribution in [0.15, 0.2) is 47.4 Å². The number of hydrogen-bond donors (Lipinski definition) is 0. The zero-order chi connectivity index (χ0) is 21.9. The maximum Gasteiger partial charge on any atom is 0.260 e. The topological polar surface area (TPSA) is 70.6 Å². The average Bonchev–Trinajstić information content (AvgIpc) is 3.14. The Labute approximate surface area is 194 Å². The number of carbonyl (C=O) groups is 1. The number of aryl methyl sites for hydroxylation is 1. The largest absolute Gasteiger partial charge is 0.302 e. The van der Waals surface area contributed by atoms with Crippen LogP contribution in [0.5, 0.6) is 0 Å². The molecule has 0 aliphatic rings. The van der Waals surface area contributed by atoms with Gasteiger partial charge in [0, 0.05) is 24.9 Å². The molecule has 2 aromatic carbocycles. The van der Waals surface area contributed by atoms with E-state index in [0.717, 1.165) is 23.4 Å². The Hall–Kier alpha value is -2.00. The lowest BCUT2D eigenvalue weighted by Gasteiger charge is -2.24. The molecule has 3 aromatic rings. The number of amides is 1. The number of fused-ring (bicyclic) bond motifs is 1. The molecule has 0 saturated heterocycles. The van der Waals surface area contributed by atoms with Crippen molar-refractivity contribution in [2.24, 2.45) is 0 Å². The van der Waals surface area contributed by atoms with Gasteiger partial charge in [0.05, 0.1) is 9.60 Å². The predicted octanol–water partition coefficient (Wildman–Crippen LogP) is 4.42. The minimum Gasteiger partial charge on any atom is -0.302 e. The van der Waals surface area contributed by atoms with Gasteiger partial charge in [0.2, 0.25) is 0 Å². The molecule has 0 bridgehead atoms. The van der Waals surface area contributed by atoms with Gasteiger partial charge < -0.3 is 4.90 Å². The highest BCUT2D eigenvalue weighted by Gasteiger charge is 2.24. The molecule has 9 heteroatoms. The normalized spacial score (nSPS) is 11.5. The molecular formula is C22H28ClN3O3S2. The van der Waals surface area contributed by atoms with Gasteiger partial charge in [0.1, 0.15) is 5.52 Å². The summed E-state index contributed by atoms with van der Waals surface area (Å²) in [6.07, 6.45) is 1.18. The summed E-state index contributed by atoms with van der Waals surface area (Å²) in [5, 5.41) is 0.514. The standard InChI is InChI=1S/C22H27N3O3S2.ClH/c1-5-24(6-2)13-14-25(21(26)17-10-7-9-16(3)15-17)22-23-20-18(29-22)11-8-12-19(20)30(4,27)28;/h7-12,15H,5-6,13-14H2,1-4H3;1H. The molecule has 0 N–H and O–H groups in total. The van der Waals surface area contributed by atoms with E-state index < -0.39 is 9.84 Å². The Balaban J connectivity index is 0.00000341. The number of carbonyl (C=O) groups excluding carboxylic acids is 1. The molecule has 0 saturated carbocycles. The molecule has 0 radical (unpaired) electrons. The van der Waals surface area contributed by atoms with Gasteiger partial charge in [-0.1, -0.05) is 48.9 Å². The van der Waals surface area contributed by atoms with Crippen LogP contribution < -0.4 is 4.90 Å².